The molecule has 3 rings (SSSR count). The van der Waals surface area contributed by atoms with Gasteiger partial charge in [0, 0.05) is 5.41 Å². The smallest absolute Gasteiger partial charge is 0.0594 e. The van der Waals surface area contributed by atoms with Crippen LogP contribution in [0.2, 0.25) is 0 Å². The molecule has 0 radical (unpaired) electrons. The summed E-state index contributed by atoms with van der Waals surface area (Å²) in [6, 6.07) is 10.4. The quantitative estimate of drug-likeness (QED) is 0.859. The van der Waals surface area contributed by atoms with E-state index < -0.39 is 0 Å². The predicted molar refractivity (Wildman–Crippen MR) is 86.6 cm³/mol. The van der Waals surface area contributed by atoms with Gasteiger partial charge in [0.05, 0.1) is 11.9 Å². The second kappa shape index (κ2) is 4.92. The zero-order valence-electron chi connectivity index (χ0n) is 12.6. The molecule has 108 valence electrons. The summed E-state index contributed by atoms with van der Waals surface area (Å²) in [5.41, 5.74) is 1.89. The highest BCUT2D eigenvalue weighted by Gasteiger charge is 2.57. The number of aliphatic hydroxyl groups excluding tert-OH is 1. The normalized spacial score (nSPS) is 32.2. The lowest BCUT2D eigenvalue weighted by atomic mass is 9.70. The molecule has 0 aromatic heterocycles. The van der Waals surface area contributed by atoms with Crippen molar-refractivity contribution in [1.82, 2.24) is 0 Å². The summed E-state index contributed by atoms with van der Waals surface area (Å²) in [7, 11) is 0. The highest BCUT2D eigenvalue weighted by molar-refractivity contribution is 8.03. The minimum absolute atomic E-state index is 0.162. The largest absolute Gasteiger partial charge is 0.395 e. The van der Waals surface area contributed by atoms with E-state index in [0.29, 0.717) is 16.7 Å². The van der Waals surface area contributed by atoms with Crippen LogP contribution in [-0.2, 0) is 0 Å². The Morgan fingerprint density at radius 1 is 1.25 bits per heavy atom. The number of aliphatic hydroxyl groups is 1. The predicted octanol–water partition coefficient (Wildman–Crippen LogP) is 4.79. The van der Waals surface area contributed by atoms with E-state index in [4.69, 9.17) is 0 Å². The summed E-state index contributed by atoms with van der Waals surface area (Å²) in [5.74, 6) is 0.713. The average molecular weight is 288 g/mol. The van der Waals surface area contributed by atoms with Crippen LogP contribution in [0, 0.1) is 16.7 Å². The molecule has 1 saturated carbocycles. The van der Waals surface area contributed by atoms with Gasteiger partial charge in [0.25, 0.3) is 0 Å². The van der Waals surface area contributed by atoms with Crippen molar-refractivity contribution in [3.05, 3.63) is 46.9 Å². The Morgan fingerprint density at radius 2 is 1.95 bits per heavy atom. The molecule has 3 atom stereocenters. The fraction of sp³-hybridized carbons (Fsp3) is 0.556. The minimum Gasteiger partial charge on any atom is -0.395 e. The van der Waals surface area contributed by atoms with E-state index in [1.165, 1.54) is 23.3 Å². The number of benzene rings is 1. The van der Waals surface area contributed by atoms with E-state index in [9.17, 15) is 5.11 Å². The van der Waals surface area contributed by atoms with Crippen LogP contribution in [0.15, 0.2) is 41.3 Å². The van der Waals surface area contributed by atoms with Gasteiger partial charge in [-0.1, -0.05) is 57.2 Å². The number of allylic oxidation sites excluding steroid dienone is 2. The molecule has 0 spiro atoms. The van der Waals surface area contributed by atoms with Crippen LogP contribution in [0.1, 0.15) is 44.4 Å². The Labute approximate surface area is 126 Å². The number of thioether (sulfide) groups is 1. The van der Waals surface area contributed by atoms with Gasteiger partial charge in [-0.2, -0.15) is 0 Å². The van der Waals surface area contributed by atoms with Crippen molar-refractivity contribution in [1.29, 1.82) is 0 Å². The first kappa shape index (κ1) is 14.2. The first-order valence-electron chi connectivity index (χ1n) is 7.54. The zero-order chi connectivity index (χ0) is 14.4. The van der Waals surface area contributed by atoms with Gasteiger partial charge in [0.15, 0.2) is 0 Å². The van der Waals surface area contributed by atoms with E-state index in [-0.39, 0.29) is 11.9 Å². The summed E-state index contributed by atoms with van der Waals surface area (Å²) >= 11 is 1.88. The lowest BCUT2D eigenvalue weighted by Crippen LogP contribution is -2.29. The fourth-order valence-electron chi connectivity index (χ4n) is 3.84. The molecule has 20 heavy (non-hydrogen) atoms. The van der Waals surface area contributed by atoms with Gasteiger partial charge < -0.3 is 5.11 Å². The number of hydrogen-bond acceptors (Lipinski definition) is 2. The Morgan fingerprint density at radius 3 is 2.45 bits per heavy atom. The second-order valence-electron chi connectivity index (χ2n) is 6.93. The van der Waals surface area contributed by atoms with Crippen molar-refractivity contribution in [2.75, 3.05) is 6.61 Å². The van der Waals surface area contributed by atoms with Crippen LogP contribution in [0.3, 0.4) is 0 Å². The van der Waals surface area contributed by atoms with Crippen LogP contribution in [0.4, 0.5) is 0 Å². The van der Waals surface area contributed by atoms with Crippen molar-refractivity contribution in [3.8, 4) is 0 Å². The first-order valence-corrected chi connectivity index (χ1v) is 8.42. The molecule has 2 aliphatic carbocycles. The van der Waals surface area contributed by atoms with Crippen molar-refractivity contribution in [2.24, 2.45) is 16.7 Å². The third-order valence-corrected chi connectivity index (χ3v) is 7.35. The average Bonchev–Trinajstić information content (AvgIpc) is 2.78. The van der Waals surface area contributed by atoms with Crippen LogP contribution >= 0.6 is 11.8 Å². The van der Waals surface area contributed by atoms with Crippen LogP contribution in [-0.4, -0.2) is 11.7 Å². The molecule has 0 aliphatic heterocycles. The lowest BCUT2D eigenvalue weighted by Gasteiger charge is -2.38. The molecular formula is C18H24OS. The van der Waals surface area contributed by atoms with E-state index in [1.54, 1.807) is 0 Å². The maximum absolute atomic E-state index is 9.78. The molecule has 0 saturated heterocycles. The van der Waals surface area contributed by atoms with E-state index in [1.807, 2.05) is 17.8 Å². The first-order chi connectivity index (χ1) is 9.49. The van der Waals surface area contributed by atoms with Gasteiger partial charge in [0.1, 0.15) is 0 Å². The van der Waals surface area contributed by atoms with E-state index in [0.717, 1.165) is 0 Å². The van der Waals surface area contributed by atoms with Crippen molar-refractivity contribution < 1.29 is 5.11 Å². The van der Waals surface area contributed by atoms with Gasteiger partial charge in [-0.05, 0) is 34.6 Å². The van der Waals surface area contributed by atoms with Crippen molar-refractivity contribution in [2.45, 2.75) is 38.9 Å². The Balaban J connectivity index is 1.84. The molecule has 1 aromatic carbocycles. The van der Waals surface area contributed by atoms with Crippen molar-refractivity contribution in [3.63, 3.8) is 0 Å². The molecule has 2 aliphatic rings. The lowest BCUT2D eigenvalue weighted by molar-refractivity contribution is 0.178. The molecule has 0 amide bonds. The topological polar surface area (TPSA) is 20.2 Å². The van der Waals surface area contributed by atoms with Crippen LogP contribution in [0.5, 0.6) is 0 Å². The van der Waals surface area contributed by atoms with Crippen molar-refractivity contribution >= 4 is 11.8 Å². The summed E-state index contributed by atoms with van der Waals surface area (Å²) in [6.07, 6.45) is 5.10. The SMILES string of the molecule is CC1(C)[C@H]2C=C(S[C@@H](CO)c3ccccc3)[C@]1(C)CC2. The Hall–Kier alpha value is -0.730. The molecule has 1 N–H and O–H groups in total. The standard InChI is InChI=1S/C18H24OS/c1-17(2)14-9-10-18(17,3)16(11-14)20-15(12-19)13-7-5-4-6-8-13/h4-8,11,14-15,19H,9-10,12H2,1-3H3/t14-,15+,18+/m1/s1. The number of fused-ring (bicyclic) bond motifs is 2. The summed E-state index contributed by atoms with van der Waals surface area (Å²) in [4.78, 5) is 1.50. The minimum atomic E-state index is 0.162. The molecular weight excluding hydrogens is 264 g/mol. The van der Waals surface area contributed by atoms with Gasteiger partial charge in [-0.25, -0.2) is 0 Å². The molecule has 1 aromatic rings. The van der Waals surface area contributed by atoms with Crippen LogP contribution in [0.25, 0.3) is 0 Å². The summed E-state index contributed by atoms with van der Waals surface area (Å²) in [5, 5.41) is 9.94. The Bertz CT molecular complexity index is 519. The summed E-state index contributed by atoms with van der Waals surface area (Å²) in [6.45, 7) is 7.43. The highest BCUT2D eigenvalue weighted by Crippen LogP contribution is 2.68. The van der Waals surface area contributed by atoms with E-state index >= 15 is 0 Å². The van der Waals surface area contributed by atoms with E-state index in [2.05, 4.69) is 51.1 Å². The Kier molecular flexibility index (Phi) is 3.50. The van der Waals surface area contributed by atoms with Crippen LogP contribution < -0.4 is 0 Å². The van der Waals surface area contributed by atoms with Gasteiger partial charge in [-0.3, -0.25) is 0 Å². The second-order valence-corrected chi connectivity index (χ2v) is 8.17. The molecule has 0 unspecified atom stereocenters. The maximum atomic E-state index is 9.78. The fourth-order valence-corrected chi connectivity index (χ4v) is 5.38. The third-order valence-electron chi connectivity index (χ3n) is 5.81. The molecule has 1 fully saturated rings. The number of hydrogen-bond donors (Lipinski definition) is 1. The zero-order valence-corrected chi connectivity index (χ0v) is 13.4. The molecule has 2 bridgehead atoms. The third kappa shape index (κ3) is 1.96. The summed E-state index contributed by atoms with van der Waals surface area (Å²) < 4.78 is 0. The monoisotopic (exact) mass is 288 g/mol. The molecule has 0 heterocycles. The van der Waals surface area contributed by atoms with Gasteiger partial charge in [-0.15, -0.1) is 11.8 Å². The highest BCUT2D eigenvalue weighted by atomic mass is 32.2. The molecule has 1 nitrogen and oxygen atoms in total. The molecule has 2 heteroatoms. The number of rotatable bonds is 4. The van der Waals surface area contributed by atoms with Gasteiger partial charge >= 0.3 is 0 Å². The van der Waals surface area contributed by atoms with Gasteiger partial charge in [0.2, 0.25) is 0 Å². The maximum Gasteiger partial charge on any atom is 0.0594 e.